The molecule has 1 heterocycles. The maximum Gasteiger partial charge on any atom is 0.103 e. The van der Waals surface area contributed by atoms with E-state index in [1.807, 2.05) is 31.2 Å². The zero-order valence-corrected chi connectivity index (χ0v) is 12.7. The van der Waals surface area contributed by atoms with Crippen molar-refractivity contribution < 1.29 is 5.11 Å². The van der Waals surface area contributed by atoms with Gasteiger partial charge in [0.25, 0.3) is 0 Å². The summed E-state index contributed by atoms with van der Waals surface area (Å²) in [5, 5.41) is 23.8. The van der Waals surface area contributed by atoms with E-state index in [1.165, 1.54) is 0 Å². The molecule has 4 heteroatoms. The Bertz CT molecular complexity index is 671. The van der Waals surface area contributed by atoms with E-state index in [1.54, 1.807) is 6.20 Å². The van der Waals surface area contributed by atoms with Gasteiger partial charge in [0.2, 0.25) is 0 Å². The van der Waals surface area contributed by atoms with Gasteiger partial charge in [-0.15, -0.1) is 0 Å². The molecule has 0 aliphatic rings. The number of para-hydroxylation sites is 1. The lowest BCUT2D eigenvalue weighted by Crippen LogP contribution is -2.35. The Morgan fingerprint density at radius 2 is 2.10 bits per heavy atom. The fraction of sp³-hybridized carbons (Fsp3) is 0.412. The largest absolute Gasteiger partial charge is 0.388 e. The summed E-state index contributed by atoms with van der Waals surface area (Å²) in [6.07, 6.45) is 2.27. The topological polar surface area (TPSA) is 68.9 Å². The second-order valence-electron chi connectivity index (χ2n) is 6.12. The summed E-state index contributed by atoms with van der Waals surface area (Å²) < 4.78 is 0. The average molecular weight is 283 g/mol. The number of fused-ring (bicyclic) bond motifs is 1. The first kappa shape index (κ1) is 15.3. The molecule has 0 saturated heterocycles. The van der Waals surface area contributed by atoms with Crippen molar-refractivity contribution in [3.63, 3.8) is 0 Å². The number of nitriles is 1. The van der Waals surface area contributed by atoms with Gasteiger partial charge in [0.05, 0.1) is 22.4 Å². The van der Waals surface area contributed by atoms with Crippen LogP contribution in [0, 0.1) is 17.2 Å². The quantitative estimate of drug-likeness (QED) is 0.883. The molecule has 0 saturated carbocycles. The fourth-order valence-electron chi connectivity index (χ4n) is 2.65. The molecular weight excluding hydrogens is 262 g/mol. The smallest absolute Gasteiger partial charge is 0.103 e. The summed E-state index contributed by atoms with van der Waals surface area (Å²) in [5.74, 6) is 0.409. The highest BCUT2D eigenvalue weighted by Crippen LogP contribution is 2.26. The summed E-state index contributed by atoms with van der Waals surface area (Å²) in [7, 11) is 0. The Labute approximate surface area is 125 Å². The lowest BCUT2D eigenvalue weighted by Gasteiger charge is -2.26. The van der Waals surface area contributed by atoms with Gasteiger partial charge in [-0.05, 0) is 25.3 Å². The maximum absolute atomic E-state index is 10.4. The molecule has 0 fully saturated rings. The molecule has 2 rings (SSSR count). The van der Waals surface area contributed by atoms with Crippen LogP contribution in [0.2, 0.25) is 0 Å². The summed E-state index contributed by atoms with van der Waals surface area (Å²) in [6, 6.07) is 9.84. The summed E-state index contributed by atoms with van der Waals surface area (Å²) in [6.45, 7) is 6.37. The number of hydrogen-bond donors (Lipinski definition) is 2. The van der Waals surface area contributed by atoms with E-state index in [0.29, 0.717) is 24.4 Å². The van der Waals surface area contributed by atoms with Crippen molar-refractivity contribution in [3.05, 3.63) is 36.0 Å². The first-order valence-corrected chi connectivity index (χ1v) is 7.17. The van der Waals surface area contributed by atoms with Gasteiger partial charge in [-0.3, -0.25) is 4.98 Å². The highest BCUT2D eigenvalue weighted by molar-refractivity contribution is 5.93. The zero-order valence-electron chi connectivity index (χ0n) is 12.7. The molecule has 1 atom stereocenters. The highest BCUT2D eigenvalue weighted by atomic mass is 16.3. The predicted molar refractivity (Wildman–Crippen MR) is 85.0 cm³/mol. The summed E-state index contributed by atoms with van der Waals surface area (Å²) in [4.78, 5) is 4.28. The second kappa shape index (κ2) is 6.11. The van der Waals surface area contributed by atoms with Crippen molar-refractivity contribution in [1.82, 2.24) is 4.98 Å². The molecule has 2 aromatic rings. The lowest BCUT2D eigenvalue weighted by atomic mass is 9.94. The van der Waals surface area contributed by atoms with E-state index in [9.17, 15) is 10.4 Å². The molecule has 1 unspecified atom stereocenters. The van der Waals surface area contributed by atoms with Crippen molar-refractivity contribution in [2.45, 2.75) is 32.8 Å². The van der Waals surface area contributed by atoms with Gasteiger partial charge in [0.15, 0.2) is 0 Å². The van der Waals surface area contributed by atoms with Gasteiger partial charge in [-0.2, -0.15) is 5.26 Å². The Hall–Kier alpha value is -2.12. The van der Waals surface area contributed by atoms with Gasteiger partial charge in [-0.1, -0.05) is 32.0 Å². The van der Waals surface area contributed by atoms with Gasteiger partial charge in [0.1, 0.15) is 6.07 Å². The zero-order chi connectivity index (χ0) is 15.5. The first-order valence-electron chi connectivity index (χ1n) is 7.17. The van der Waals surface area contributed by atoms with Crippen molar-refractivity contribution in [2.24, 2.45) is 5.92 Å². The first-order chi connectivity index (χ1) is 9.93. The van der Waals surface area contributed by atoms with Gasteiger partial charge < -0.3 is 10.4 Å². The summed E-state index contributed by atoms with van der Waals surface area (Å²) in [5.41, 5.74) is 1.26. The Kier molecular flexibility index (Phi) is 4.44. The maximum atomic E-state index is 10.4. The Morgan fingerprint density at radius 3 is 2.76 bits per heavy atom. The van der Waals surface area contributed by atoms with E-state index in [-0.39, 0.29) is 0 Å². The molecule has 0 amide bonds. The molecule has 1 aromatic heterocycles. The van der Waals surface area contributed by atoms with Crippen molar-refractivity contribution >= 4 is 16.6 Å². The Morgan fingerprint density at radius 1 is 1.38 bits per heavy atom. The monoisotopic (exact) mass is 283 g/mol. The molecular formula is C17H21N3O. The highest BCUT2D eigenvalue weighted by Gasteiger charge is 2.22. The fourth-order valence-corrected chi connectivity index (χ4v) is 2.65. The molecule has 0 aliphatic carbocycles. The number of rotatable bonds is 5. The number of aliphatic hydroxyl groups is 1. The number of aromatic nitrogens is 1. The van der Waals surface area contributed by atoms with E-state index in [4.69, 9.17) is 0 Å². The van der Waals surface area contributed by atoms with Gasteiger partial charge in [0, 0.05) is 18.1 Å². The molecule has 21 heavy (non-hydrogen) atoms. The van der Waals surface area contributed by atoms with Crippen LogP contribution in [-0.2, 0) is 0 Å². The molecule has 0 spiro atoms. The van der Waals surface area contributed by atoms with Gasteiger partial charge >= 0.3 is 0 Å². The molecule has 1 aromatic carbocycles. The number of pyridine rings is 1. The SMILES string of the molecule is CC(C)CC(C)(O)CNc1c(C#N)cnc2ccccc12. The molecule has 0 aliphatic heterocycles. The average Bonchev–Trinajstić information content (AvgIpc) is 2.43. The number of nitrogens with one attached hydrogen (secondary N) is 1. The molecule has 110 valence electrons. The number of hydrogen-bond acceptors (Lipinski definition) is 4. The molecule has 2 N–H and O–H groups in total. The third-order valence-electron chi connectivity index (χ3n) is 3.39. The standard InChI is InChI=1S/C17H21N3O/c1-12(2)8-17(3,21)11-20-16-13(9-18)10-19-15-7-5-4-6-14(15)16/h4-7,10,12,21H,8,11H2,1-3H3,(H,19,20). The van der Waals surface area contributed by atoms with Crippen molar-refractivity contribution in [3.8, 4) is 6.07 Å². The van der Waals surface area contributed by atoms with Crippen LogP contribution in [0.1, 0.15) is 32.8 Å². The third kappa shape index (κ3) is 3.71. The van der Waals surface area contributed by atoms with E-state index in [2.05, 4.69) is 30.2 Å². The molecule has 4 nitrogen and oxygen atoms in total. The van der Waals surface area contributed by atoms with Crippen LogP contribution in [0.15, 0.2) is 30.5 Å². The Balaban J connectivity index is 2.31. The van der Waals surface area contributed by atoms with E-state index < -0.39 is 5.60 Å². The molecule has 0 bridgehead atoms. The lowest BCUT2D eigenvalue weighted by molar-refractivity contribution is 0.0516. The minimum absolute atomic E-state index is 0.397. The second-order valence-corrected chi connectivity index (χ2v) is 6.12. The minimum atomic E-state index is -0.814. The van der Waals surface area contributed by atoms with Gasteiger partial charge in [-0.25, -0.2) is 0 Å². The van der Waals surface area contributed by atoms with Crippen LogP contribution in [0.4, 0.5) is 5.69 Å². The normalized spacial score (nSPS) is 13.9. The van der Waals surface area contributed by atoms with Crippen LogP contribution < -0.4 is 5.32 Å². The summed E-state index contributed by atoms with van der Waals surface area (Å²) >= 11 is 0. The van der Waals surface area contributed by atoms with Crippen LogP contribution in [0.25, 0.3) is 10.9 Å². The van der Waals surface area contributed by atoms with Crippen LogP contribution >= 0.6 is 0 Å². The van der Waals surface area contributed by atoms with E-state index >= 15 is 0 Å². The van der Waals surface area contributed by atoms with Crippen LogP contribution in [-0.4, -0.2) is 22.2 Å². The minimum Gasteiger partial charge on any atom is -0.388 e. The van der Waals surface area contributed by atoms with Crippen LogP contribution in [0.3, 0.4) is 0 Å². The number of benzene rings is 1. The van der Waals surface area contributed by atoms with Crippen LogP contribution in [0.5, 0.6) is 0 Å². The molecule has 0 radical (unpaired) electrons. The van der Waals surface area contributed by atoms with E-state index in [0.717, 1.165) is 16.6 Å². The predicted octanol–water partition coefficient (Wildman–Crippen LogP) is 3.32. The number of nitrogens with zero attached hydrogens (tertiary/aromatic N) is 2. The van der Waals surface area contributed by atoms with Crippen molar-refractivity contribution in [2.75, 3.05) is 11.9 Å². The third-order valence-corrected chi connectivity index (χ3v) is 3.39. The number of anilines is 1. The van der Waals surface area contributed by atoms with Crippen molar-refractivity contribution in [1.29, 1.82) is 5.26 Å².